The summed E-state index contributed by atoms with van der Waals surface area (Å²) in [6, 6.07) is 7.31. The molecule has 6 nitrogen and oxygen atoms in total. The number of para-hydroxylation sites is 1. The quantitative estimate of drug-likeness (QED) is 0.832. The summed E-state index contributed by atoms with van der Waals surface area (Å²) in [6.45, 7) is 3.57. The first-order valence-corrected chi connectivity index (χ1v) is 9.17. The third-order valence-electron chi connectivity index (χ3n) is 5.20. The number of halogens is 1. The van der Waals surface area contributed by atoms with E-state index >= 15 is 0 Å². The van der Waals surface area contributed by atoms with E-state index in [1.54, 1.807) is 6.07 Å². The van der Waals surface area contributed by atoms with Gasteiger partial charge >= 0.3 is 6.09 Å². The van der Waals surface area contributed by atoms with E-state index in [2.05, 4.69) is 10.3 Å². The first kappa shape index (κ1) is 17.1. The Hall–Kier alpha value is -2.34. The van der Waals surface area contributed by atoms with Crippen LogP contribution in [-0.2, 0) is 4.74 Å². The van der Waals surface area contributed by atoms with Gasteiger partial charge in [0.1, 0.15) is 5.60 Å². The Morgan fingerprint density at radius 1 is 1.35 bits per heavy atom. The van der Waals surface area contributed by atoms with E-state index in [1.165, 1.54) is 0 Å². The van der Waals surface area contributed by atoms with Crippen molar-refractivity contribution in [1.29, 1.82) is 0 Å². The lowest BCUT2D eigenvalue weighted by molar-refractivity contribution is 0.0439. The normalized spacial score (nSPS) is 23.0. The van der Waals surface area contributed by atoms with Crippen LogP contribution in [0.25, 0.3) is 10.9 Å². The Morgan fingerprint density at radius 3 is 2.96 bits per heavy atom. The maximum Gasteiger partial charge on any atom is 0.407 e. The van der Waals surface area contributed by atoms with Gasteiger partial charge in [0.25, 0.3) is 5.91 Å². The Morgan fingerprint density at radius 2 is 2.19 bits per heavy atom. The van der Waals surface area contributed by atoms with E-state index in [4.69, 9.17) is 16.3 Å². The van der Waals surface area contributed by atoms with Crippen molar-refractivity contribution in [3.8, 4) is 0 Å². The van der Waals surface area contributed by atoms with E-state index in [9.17, 15) is 9.59 Å². The molecule has 26 heavy (non-hydrogen) atoms. The van der Waals surface area contributed by atoms with Crippen molar-refractivity contribution < 1.29 is 14.3 Å². The van der Waals surface area contributed by atoms with Crippen LogP contribution in [0.1, 0.15) is 35.3 Å². The zero-order valence-corrected chi connectivity index (χ0v) is 15.3. The lowest BCUT2D eigenvalue weighted by atomic mass is 9.95. The molecule has 0 radical (unpaired) electrons. The van der Waals surface area contributed by atoms with Gasteiger partial charge in [-0.2, -0.15) is 0 Å². The second kappa shape index (κ2) is 6.43. The number of aromatic nitrogens is 1. The van der Waals surface area contributed by atoms with Crippen molar-refractivity contribution in [3.05, 3.63) is 40.5 Å². The van der Waals surface area contributed by atoms with E-state index in [1.807, 2.05) is 30.0 Å². The third kappa shape index (κ3) is 2.98. The van der Waals surface area contributed by atoms with Crippen LogP contribution in [0.15, 0.2) is 24.3 Å². The highest BCUT2D eigenvalue weighted by atomic mass is 35.5. The smallest absolute Gasteiger partial charge is 0.407 e. The number of nitrogens with one attached hydrogen (secondary N) is 1. The number of rotatable bonds is 1. The molecule has 4 rings (SSSR count). The van der Waals surface area contributed by atoms with Crippen molar-refractivity contribution in [2.75, 3.05) is 19.6 Å². The number of pyridine rings is 1. The number of nitrogens with zero attached hydrogens (tertiary/aromatic N) is 2. The summed E-state index contributed by atoms with van der Waals surface area (Å²) < 4.78 is 5.49. The van der Waals surface area contributed by atoms with Crippen molar-refractivity contribution in [3.63, 3.8) is 0 Å². The minimum absolute atomic E-state index is 0.0305. The summed E-state index contributed by atoms with van der Waals surface area (Å²) in [6.07, 6.45) is 1.83. The first-order chi connectivity index (χ1) is 12.5. The van der Waals surface area contributed by atoms with Gasteiger partial charge in [-0.25, -0.2) is 4.79 Å². The first-order valence-electron chi connectivity index (χ1n) is 8.79. The van der Waals surface area contributed by atoms with Gasteiger partial charge in [-0.05, 0) is 31.9 Å². The summed E-state index contributed by atoms with van der Waals surface area (Å²) in [5, 5.41) is 4.04. The number of ether oxygens (including phenoxy) is 1. The number of hydrogen-bond donors (Lipinski definition) is 1. The van der Waals surface area contributed by atoms with Crippen LogP contribution in [0.4, 0.5) is 4.79 Å². The molecular weight excluding hydrogens is 354 g/mol. The predicted molar refractivity (Wildman–Crippen MR) is 98.5 cm³/mol. The summed E-state index contributed by atoms with van der Waals surface area (Å²) in [5.41, 5.74) is 1.55. The molecule has 0 aliphatic carbocycles. The summed E-state index contributed by atoms with van der Waals surface area (Å²) in [5.74, 6) is -0.0305. The number of likely N-dealkylation sites (tertiary alicyclic amines) is 1. The molecule has 136 valence electrons. The van der Waals surface area contributed by atoms with E-state index in [0.717, 1.165) is 23.9 Å². The second-order valence-electron chi connectivity index (χ2n) is 7.02. The maximum atomic E-state index is 13.2. The summed E-state index contributed by atoms with van der Waals surface area (Å²) in [4.78, 5) is 31.0. The second-order valence-corrected chi connectivity index (χ2v) is 7.43. The Labute approximate surface area is 156 Å². The fourth-order valence-corrected chi connectivity index (χ4v) is 4.06. The van der Waals surface area contributed by atoms with Gasteiger partial charge in [-0.15, -0.1) is 0 Å². The molecule has 2 fully saturated rings. The fraction of sp³-hybridized carbons (Fsp3) is 0.421. The molecule has 1 spiro atoms. The standard InChI is InChI=1S/C19H20ClN3O3/c1-12-10-14(13-4-2-5-15(20)16(13)22-12)17(24)23-8-3-6-19(7-9-23)11-21-18(25)26-19/h2,4-5,10H,3,6-9,11H2,1H3,(H,21,25)/t19-/m0/s1. The average molecular weight is 374 g/mol. The predicted octanol–water partition coefficient (Wildman–Crippen LogP) is 3.30. The van der Waals surface area contributed by atoms with Crippen LogP contribution in [0.2, 0.25) is 5.02 Å². The number of fused-ring (bicyclic) bond motifs is 1. The van der Waals surface area contributed by atoms with Gasteiger partial charge in [-0.1, -0.05) is 23.7 Å². The van der Waals surface area contributed by atoms with Crippen molar-refractivity contribution in [1.82, 2.24) is 15.2 Å². The Kier molecular flexibility index (Phi) is 4.23. The lowest BCUT2D eigenvalue weighted by Crippen LogP contribution is -2.36. The Bertz CT molecular complexity index is 901. The molecule has 0 saturated carbocycles. The highest BCUT2D eigenvalue weighted by Gasteiger charge is 2.42. The van der Waals surface area contributed by atoms with Crippen molar-refractivity contribution in [2.24, 2.45) is 0 Å². The molecule has 1 N–H and O–H groups in total. The van der Waals surface area contributed by atoms with Crippen LogP contribution in [0, 0.1) is 6.92 Å². The zero-order chi connectivity index (χ0) is 18.3. The van der Waals surface area contributed by atoms with Crippen LogP contribution >= 0.6 is 11.6 Å². The molecular formula is C19H20ClN3O3. The maximum absolute atomic E-state index is 13.2. The lowest BCUT2D eigenvalue weighted by Gasteiger charge is -2.25. The minimum atomic E-state index is -0.481. The van der Waals surface area contributed by atoms with Crippen molar-refractivity contribution >= 4 is 34.5 Å². The molecule has 2 amide bonds. The molecule has 3 heterocycles. The molecule has 0 bridgehead atoms. The zero-order valence-electron chi connectivity index (χ0n) is 14.5. The summed E-state index contributed by atoms with van der Waals surface area (Å²) >= 11 is 6.27. The van der Waals surface area contributed by atoms with E-state index in [0.29, 0.717) is 42.2 Å². The number of carbonyl (C=O) groups is 2. The molecule has 2 aromatic rings. The number of amides is 2. The van der Waals surface area contributed by atoms with Gasteiger partial charge in [0.15, 0.2) is 0 Å². The molecule has 2 aliphatic rings. The largest absolute Gasteiger partial charge is 0.441 e. The SMILES string of the molecule is Cc1cc(C(=O)N2CCC[C@]3(CC2)CNC(=O)O3)c2cccc(Cl)c2n1. The third-order valence-corrected chi connectivity index (χ3v) is 5.50. The monoisotopic (exact) mass is 373 g/mol. The number of carbonyl (C=O) groups excluding carboxylic acids is 2. The molecule has 1 aromatic carbocycles. The van der Waals surface area contributed by atoms with Crippen LogP contribution < -0.4 is 5.32 Å². The summed E-state index contributed by atoms with van der Waals surface area (Å²) in [7, 11) is 0. The van der Waals surface area contributed by atoms with Gasteiger partial charge < -0.3 is 15.0 Å². The minimum Gasteiger partial charge on any atom is -0.441 e. The van der Waals surface area contributed by atoms with Crippen LogP contribution in [-0.4, -0.2) is 47.1 Å². The van der Waals surface area contributed by atoms with E-state index < -0.39 is 5.60 Å². The van der Waals surface area contributed by atoms with Gasteiger partial charge in [0, 0.05) is 30.6 Å². The Balaban J connectivity index is 1.63. The van der Waals surface area contributed by atoms with Gasteiger partial charge in [0.05, 0.1) is 22.6 Å². The molecule has 2 saturated heterocycles. The highest BCUT2D eigenvalue weighted by Crippen LogP contribution is 2.31. The van der Waals surface area contributed by atoms with Crippen molar-refractivity contribution in [2.45, 2.75) is 31.8 Å². The van der Waals surface area contributed by atoms with E-state index in [-0.39, 0.29) is 12.0 Å². The molecule has 2 aliphatic heterocycles. The number of benzene rings is 1. The number of aryl methyl sites for hydroxylation is 1. The average Bonchev–Trinajstić information content (AvgIpc) is 2.85. The number of alkyl carbamates (subject to hydrolysis) is 1. The van der Waals surface area contributed by atoms with Gasteiger partial charge in [0.2, 0.25) is 0 Å². The highest BCUT2D eigenvalue weighted by molar-refractivity contribution is 6.35. The molecule has 0 unspecified atom stereocenters. The molecule has 1 aromatic heterocycles. The molecule has 7 heteroatoms. The van der Waals surface area contributed by atoms with Gasteiger partial charge in [-0.3, -0.25) is 9.78 Å². The topological polar surface area (TPSA) is 71.5 Å². The van der Waals surface area contributed by atoms with Crippen LogP contribution in [0.5, 0.6) is 0 Å². The number of hydrogen-bond acceptors (Lipinski definition) is 4. The van der Waals surface area contributed by atoms with Crippen LogP contribution in [0.3, 0.4) is 0 Å². The molecule has 1 atom stereocenters. The fourth-order valence-electron chi connectivity index (χ4n) is 3.84.